The largest absolute Gasteiger partial charge is 0.495 e. The molecule has 0 bridgehead atoms. The fourth-order valence-corrected chi connectivity index (χ4v) is 3.27. The highest BCUT2D eigenvalue weighted by Gasteiger charge is 2.08. The second-order valence-corrected chi connectivity index (χ2v) is 6.40. The number of rotatable bonds is 5. The molecule has 0 aliphatic carbocycles. The maximum absolute atomic E-state index is 6.20. The lowest BCUT2D eigenvalue weighted by molar-refractivity contribution is 0.415. The summed E-state index contributed by atoms with van der Waals surface area (Å²) in [7, 11) is 1.60. The van der Waals surface area contributed by atoms with Gasteiger partial charge in [-0.25, -0.2) is 0 Å². The first-order valence-electron chi connectivity index (χ1n) is 8.39. The number of nitrogens with one attached hydrogen (secondary N) is 1. The zero-order valence-electron chi connectivity index (χ0n) is 14.3. The Morgan fingerprint density at radius 3 is 2.65 bits per heavy atom. The molecule has 0 spiro atoms. The van der Waals surface area contributed by atoms with Crippen molar-refractivity contribution in [2.75, 3.05) is 12.4 Å². The van der Waals surface area contributed by atoms with Crippen LogP contribution < -0.4 is 10.1 Å². The van der Waals surface area contributed by atoms with Crippen LogP contribution >= 0.6 is 11.6 Å². The number of ether oxygens (including phenoxy) is 1. The van der Waals surface area contributed by atoms with Gasteiger partial charge in [0.25, 0.3) is 0 Å². The molecule has 1 N–H and O–H groups in total. The van der Waals surface area contributed by atoms with E-state index in [9.17, 15) is 0 Å². The topological polar surface area (TPSA) is 34.4 Å². The van der Waals surface area contributed by atoms with Crippen LogP contribution in [0.3, 0.4) is 0 Å². The summed E-state index contributed by atoms with van der Waals surface area (Å²) >= 11 is 6.20. The average Bonchev–Trinajstić information content (AvgIpc) is 3.15. The number of benzene rings is 3. The Morgan fingerprint density at radius 2 is 1.81 bits per heavy atom. The molecule has 0 radical (unpaired) electrons. The zero-order chi connectivity index (χ0) is 17.9. The van der Waals surface area contributed by atoms with Crippen LogP contribution in [0.2, 0.25) is 5.02 Å². The third kappa shape index (κ3) is 3.26. The number of anilines is 1. The van der Waals surface area contributed by atoms with Crippen LogP contribution in [0, 0.1) is 0 Å². The molecule has 0 fully saturated rings. The molecule has 0 saturated heterocycles. The van der Waals surface area contributed by atoms with Crippen molar-refractivity contribution in [1.29, 1.82) is 0 Å². The second-order valence-electron chi connectivity index (χ2n) is 6.00. The summed E-state index contributed by atoms with van der Waals surface area (Å²) < 4.78 is 11.2. The minimum absolute atomic E-state index is 0.567. The summed E-state index contributed by atoms with van der Waals surface area (Å²) in [5.41, 5.74) is 2.01. The molecule has 4 rings (SSSR count). The number of halogens is 1. The number of fused-ring (bicyclic) bond motifs is 1. The van der Waals surface area contributed by atoms with Crippen molar-refractivity contribution < 1.29 is 9.15 Å². The summed E-state index contributed by atoms with van der Waals surface area (Å²) in [5.74, 6) is 2.30. The predicted octanol–water partition coefficient (Wildman–Crippen LogP) is 6.37. The van der Waals surface area contributed by atoms with E-state index in [1.54, 1.807) is 7.11 Å². The maximum Gasteiger partial charge on any atom is 0.137 e. The van der Waals surface area contributed by atoms with Crippen LogP contribution in [0.4, 0.5) is 5.69 Å². The van der Waals surface area contributed by atoms with E-state index in [2.05, 4.69) is 35.6 Å². The quantitative estimate of drug-likeness (QED) is 0.447. The van der Waals surface area contributed by atoms with Crippen molar-refractivity contribution in [3.63, 3.8) is 0 Å². The highest BCUT2D eigenvalue weighted by Crippen LogP contribution is 2.31. The van der Waals surface area contributed by atoms with E-state index in [4.69, 9.17) is 20.8 Å². The molecular formula is C22H18ClNO2. The fraction of sp³-hybridized carbons (Fsp3) is 0.0909. The van der Waals surface area contributed by atoms with Gasteiger partial charge in [-0.3, -0.25) is 0 Å². The summed E-state index contributed by atoms with van der Waals surface area (Å²) in [6, 6.07) is 24.1. The smallest absolute Gasteiger partial charge is 0.137 e. The molecule has 26 heavy (non-hydrogen) atoms. The molecule has 0 aliphatic heterocycles. The van der Waals surface area contributed by atoms with E-state index < -0.39 is 0 Å². The first kappa shape index (κ1) is 16.6. The Hall–Kier alpha value is -2.91. The molecule has 3 nitrogen and oxygen atoms in total. The van der Waals surface area contributed by atoms with Gasteiger partial charge in [0.15, 0.2) is 0 Å². The molecule has 1 aromatic heterocycles. The summed E-state index contributed by atoms with van der Waals surface area (Å²) in [4.78, 5) is 0. The SMILES string of the molecule is COc1ccc(-c2ccc(CNc3cccc4ccccc34)o2)cc1Cl. The molecular weight excluding hydrogens is 346 g/mol. The molecule has 3 aromatic carbocycles. The van der Waals surface area contributed by atoms with E-state index in [-0.39, 0.29) is 0 Å². The molecule has 0 saturated carbocycles. The minimum atomic E-state index is 0.567. The van der Waals surface area contributed by atoms with Gasteiger partial charge in [-0.2, -0.15) is 0 Å². The number of furan rings is 1. The van der Waals surface area contributed by atoms with Gasteiger partial charge in [-0.05, 0) is 41.8 Å². The Morgan fingerprint density at radius 1 is 0.962 bits per heavy atom. The molecule has 0 unspecified atom stereocenters. The van der Waals surface area contributed by atoms with E-state index in [0.717, 1.165) is 22.8 Å². The maximum atomic E-state index is 6.20. The Kier molecular flexibility index (Phi) is 4.55. The van der Waals surface area contributed by atoms with Gasteiger partial charge in [-0.1, -0.05) is 48.0 Å². The van der Waals surface area contributed by atoms with E-state index >= 15 is 0 Å². The summed E-state index contributed by atoms with van der Waals surface area (Å²) in [6.45, 7) is 0.609. The number of hydrogen-bond donors (Lipinski definition) is 1. The summed E-state index contributed by atoms with van der Waals surface area (Å²) in [6.07, 6.45) is 0. The molecule has 130 valence electrons. The third-order valence-corrected chi connectivity index (χ3v) is 4.64. The van der Waals surface area contributed by atoms with Gasteiger partial charge < -0.3 is 14.5 Å². The van der Waals surface area contributed by atoms with Crippen molar-refractivity contribution in [3.8, 4) is 17.1 Å². The molecule has 4 heteroatoms. The highest BCUT2D eigenvalue weighted by molar-refractivity contribution is 6.32. The van der Waals surface area contributed by atoms with E-state index in [0.29, 0.717) is 17.3 Å². The molecule has 0 atom stereocenters. The van der Waals surface area contributed by atoms with Gasteiger partial charge in [0.1, 0.15) is 17.3 Å². The third-order valence-electron chi connectivity index (χ3n) is 4.34. The summed E-state index contributed by atoms with van der Waals surface area (Å²) in [5, 5.41) is 6.44. The molecule has 0 aliphatic rings. The average molecular weight is 364 g/mol. The van der Waals surface area contributed by atoms with E-state index in [1.807, 2.05) is 42.5 Å². The van der Waals surface area contributed by atoms with Crippen molar-refractivity contribution in [2.24, 2.45) is 0 Å². The molecule has 0 amide bonds. The molecule has 4 aromatic rings. The first-order valence-corrected chi connectivity index (χ1v) is 8.76. The lowest BCUT2D eigenvalue weighted by Crippen LogP contribution is -1.98. The second kappa shape index (κ2) is 7.14. The number of hydrogen-bond acceptors (Lipinski definition) is 3. The number of methoxy groups -OCH3 is 1. The van der Waals surface area contributed by atoms with Crippen LogP contribution in [0.15, 0.2) is 77.2 Å². The van der Waals surface area contributed by atoms with Crippen LogP contribution in [0.1, 0.15) is 5.76 Å². The van der Waals surface area contributed by atoms with Crippen molar-refractivity contribution in [2.45, 2.75) is 6.54 Å². The van der Waals surface area contributed by atoms with E-state index in [1.165, 1.54) is 10.8 Å². The van der Waals surface area contributed by atoms with Crippen LogP contribution in [0.25, 0.3) is 22.1 Å². The fourth-order valence-electron chi connectivity index (χ4n) is 3.01. The normalized spacial score (nSPS) is 10.8. The highest BCUT2D eigenvalue weighted by atomic mass is 35.5. The first-order chi connectivity index (χ1) is 12.7. The van der Waals surface area contributed by atoms with Gasteiger partial charge in [0.05, 0.1) is 18.7 Å². The Bertz CT molecular complexity index is 1050. The predicted molar refractivity (Wildman–Crippen MR) is 107 cm³/mol. The van der Waals surface area contributed by atoms with Gasteiger partial charge in [0, 0.05) is 16.6 Å². The van der Waals surface area contributed by atoms with Crippen LogP contribution in [-0.2, 0) is 6.54 Å². The van der Waals surface area contributed by atoms with Crippen LogP contribution in [-0.4, -0.2) is 7.11 Å². The van der Waals surface area contributed by atoms with Gasteiger partial charge in [0.2, 0.25) is 0 Å². The Balaban J connectivity index is 1.53. The van der Waals surface area contributed by atoms with Crippen molar-refractivity contribution >= 4 is 28.1 Å². The zero-order valence-corrected chi connectivity index (χ0v) is 15.1. The van der Waals surface area contributed by atoms with Gasteiger partial charge >= 0.3 is 0 Å². The van der Waals surface area contributed by atoms with Crippen molar-refractivity contribution in [3.05, 3.63) is 83.6 Å². The molecule has 1 heterocycles. The monoisotopic (exact) mass is 363 g/mol. The van der Waals surface area contributed by atoms with Crippen LogP contribution in [0.5, 0.6) is 5.75 Å². The standard InChI is InChI=1S/C22H18ClNO2/c1-25-22-11-9-16(13-19(22)23)21-12-10-17(26-21)14-24-20-8-4-6-15-5-2-3-7-18(15)20/h2-13,24H,14H2,1H3. The van der Waals surface area contributed by atoms with Crippen molar-refractivity contribution in [1.82, 2.24) is 0 Å². The Labute approximate surface area is 157 Å². The lowest BCUT2D eigenvalue weighted by atomic mass is 10.1. The lowest BCUT2D eigenvalue weighted by Gasteiger charge is -2.08. The van der Waals surface area contributed by atoms with Gasteiger partial charge in [-0.15, -0.1) is 0 Å². The minimum Gasteiger partial charge on any atom is -0.495 e.